The molecule has 0 aliphatic carbocycles. The number of thioether (sulfide) groups is 1. The van der Waals surface area contributed by atoms with E-state index in [9.17, 15) is 15.0 Å². The van der Waals surface area contributed by atoms with Gasteiger partial charge in [0.15, 0.2) is 5.44 Å². The third-order valence-corrected chi connectivity index (χ3v) is 4.42. The zero-order valence-corrected chi connectivity index (χ0v) is 14.9. The average Bonchev–Trinajstić information content (AvgIpc) is 2.33. The number of aliphatic hydroxyl groups excluding tert-OH is 1. The molecule has 5 heteroatoms. The van der Waals surface area contributed by atoms with Crippen LogP contribution in [0.15, 0.2) is 12.1 Å². The van der Waals surface area contributed by atoms with Crippen molar-refractivity contribution in [3.63, 3.8) is 0 Å². The van der Waals surface area contributed by atoms with E-state index in [1.54, 1.807) is 0 Å². The molecular weight excluding hydrogens is 300 g/mol. The Kier molecular flexibility index (Phi) is 5.57. The van der Waals surface area contributed by atoms with Crippen molar-refractivity contribution < 1.29 is 20.1 Å². The molecular formula is C17H26O4S. The van der Waals surface area contributed by atoms with Crippen LogP contribution in [0, 0.1) is 0 Å². The number of carbonyl (C=O) groups is 1. The molecule has 0 aromatic heterocycles. The zero-order valence-electron chi connectivity index (χ0n) is 14.1. The number of benzene rings is 1. The average molecular weight is 326 g/mol. The first-order valence-electron chi connectivity index (χ1n) is 7.23. The fraction of sp³-hybridized carbons (Fsp3) is 0.588. The van der Waals surface area contributed by atoms with Gasteiger partial charge in [0.1, 0.15) is 5.75 Å². The second-order valence-electron chi connectivity index (χ2n) is 7.54. The summed E-state index contributed by atoms with van der Waals surface area (Å²) in [4.78, 5) is 10.7. The van der Waals surface area contributed by atoms with Gasteiger partial charge in [-0.3, -0.25) is 0 Å². The summed E-state index contributed by atoms with van der Waals surface area (Å²) in [6, 6.07) is 3.79. The molecule has 1 atom stereocenters. The minimum atomic E-state index is -1.44. The summed E-state index contributed by atoms with van der Waals surface area (Å²) in [5, 5.41) is 28.8. The number of rotatable bonds is 4. The molecule has 1 aromatic rings. The predicted molar refractivity (Wildman–Crippen MR) is 90.4 cm³/mol. The maximum absolute atomic E-state index is 10.7. The fourth-order valence-electron chi connectivity index (χ4n) is 2.17. The van der Waals surface area contributed by atoms with E-state index < -0.39 is 11.4 Å². The van der Waals surface area contributed by atoms with Crippen LogP contribution in [0.5, 0.6) is 5.75 Å². The Morgan fingerprint density at radius 1 is 1.09 bits per heavy atom. The monoisotopic (exact) mass is 326 g/mol. The van der Waals surface area contributed by atoms with Gasteiger partial charge in [0, 0.05) is 5.75 Å². The van der Waals surface area contributed by atoms with E-state index in [4.69, 9.17) is 5.11 Å². The van der Waals surface area contributed by atoms with Crippen molar-refractivity contribution in [1.82, 2.24) is 0 Å². The van der Waals surface area contributed by atoms with Gasteiger partial charge in [-0.15, -0.1) is 11.8 Å². The van der Waals surface area contributed by atoms with Crippen LogP contribution in [-0.2, 0) is 21.4 Å². The van der Waals surface area contributed by atoms with Crippen molar-refractivity contribution in [3.05, 3.63) is 28.8 Å². The highest BCUT2D eigenvalue weighted by Gasteiger charge is 2.26. The molecule has 0 heterocycles. The molecule has 0 bridgehead atoms. The van der Waals surface area contributed by atoms with Crippen LogP contribution >= 0.6 is 11.8 Å². The van der Waals surface area contributed by atoms with Gasteiger partial charge < -0.3 is 15.3 Å². The topological polar surface area (TPSA) is 77.8 Å². The quantitative estimate of drug-likeness (QED) is 0.737. The molecule has 124 valence electrons. The lowest BCUT2D eigenvalue weighted by molar-refractivity contribution is -0.141. The first-order chi connectivity index (χ1) is 9.84. The highest BCUT2D eigenvalue weighted by Crippen LogP contribution is 2.40. The van der Waals surface area contributed by atoms with Gasteiger partial charge in [-0.1, -0.05) is 53.7 Å². The van der Waals surface area contributed by atoms with Crippen LogP contribution in [0.1, 0.15) is 58.2 Å². The van der Waals surface area contributed by atoms with Gasteiger partial charge in [-0.05, 0) is 27.5 Å². The van der Waals surface area contributed by atoms with Crippen molar-refractivity contribution in [2.75, 3.05) is 0 Å². The molecule has 1 unspecified atom stereocenters. The first kappa shape index (κ1) is 18.8. The zero-order chi connectivity index (χ0) is 17.3. The van der Waals surface area contributed by atoms with Crippen molar-refractivity contribution in [1.29, 1.82) is 0 Å². The Balaban J connectivity index is 3.27. The van der Waals surface area contributed by atoms with Gasteiger partial charge in [0.25, 0.3) is 0 Å². The molecule has 0 saturated heterocycles. The number of aliphatic hydroxyl groups is 1. The lowest BCUT2D eigenvalue weighted by atomic mass is 9.78. The van der Waals surface area contributed by atoms with E-state index in [1.807, 2.05) is 53.7 Å². The maximum Gasteiger partial charge on any atom is 0.343 e. The molecule has 1 aromatic carbocycles. The lowest BCUT2D eigenvalue weighted by Gasteiger charge is -2.28. The van der Waals surface area contributed by atoms with Gasteiger partial charge in [0.2, 0.25) is 0 Å². The van der Waals surface area contributed by atoms with Crippen molar-refractivity contribution in [3.8, 4) is 5.75 Å². The fourth-order valence-corrected chi connectivity index (χ4v) is 2.83. The minimum absolute atomic E-state index is 0.226. The summed E-state index contributed by atoms with van der Waals surface area (Å²) < 4.78 is 0. The number of aliphatic carboxylic acids is 1. The van der Waals surface area contributed by atoms with E-state index in [0.717, 1.165) is 28.5 Å². The van der Waals surface area contributed by atoms with Crippen LogP contribution in [0.4, 0.5) is 0 Å². The summed E-state index contributed by atoms with van der Waals surface area (Å²) in [6.07, 6.45) is 0. The molecule has 0 aliphatic rings. The summed E-state index contributed by atoms with van der Waals surface area (Å²) in [7, 11) is 0. The number of phenols is 1. The van der Waals surface area contributed by atoms with Crippen LogP contribution in [0.3, 0.4) is 0 Å². The van der Waals surface area contributed by atoms with Crippen LogP contribution < -0.4 is 0 Å². The Morgan fingerprint density at radius 3 is 1.82 bits per heavy atom. The van der Waals surface area contributed by atoms with Gasteiger partial charge in [-0.25, -0.2) is 4.79 Å². The van der Waals surface area contributed by atoms with E-state index in [0.29, 0.717) is 11.5 Å². The molecule has 0 fully saturated rings. The van der Waals surface area contributed by atoms with Gasteiger partial charge >= 0.3 is 5.97 Å². The molecule has 4 nitrogen and oxygen atoms in total. The Morgan fingerprint density at radius 2 is 1.50 bits per heavy atom. The minimum Gasteiger partial charge on any atom is -0.507 e. The van der Waals surface area contributed by atoms with E-state index in [2.05, 4.69) is 0 Å². The second-order valence-corrected chi connectivity index (χ2v) is 8.61. The van der Waals surface area contributed by atoms with E-state index >= 15 is 0 Å². The van der Waals surface area contributed by atoms with Crippen LogP contribution in [0.2, 0.25) is 0 Å². The Labute approximate surface area is 136 Å². The summed E-state index contributed by atoms with van der Waals surface area (Å²) in [5.74, 6) is -0.566. The number of hydrogen-bond acceptors (Lipinski definition) is 4. The van der Waals surface area contributed by atoms with Crippen LogP contribution in [0.25, 0.3) is 0 Å². The van der Waals surface area contributed by atoms with Crippen molar-refractivity contribution in [2.45, 2.75) is 63.6 Å². The molecule has 0 aliphatic heterocycles. The van der Waals surface area contributed by atoms with Gasteiger partial charge in [0.05, 0.1) is 0 Å². The molecule has 22 heavy (non-hydrogen) atoms. The van der Waals surface area contributed by atoms with Crippen LogP contribution in [-0.4, -0.2) is 26.7 Å². The normalized spacial score (nSPS) is 14.0. The molecule has 0 radical (unpaired) electrons. The number of carboxylic acids is 1. The standard InChI is InChI=1S/C17H26O4S/c1-16(2,3)11-7-10(9-22-15(21)14(19)20)8-12(13(11)18)17(4,5)6/h7-8,15,18,21H,9H2,1-6H3,(H,19,20). The Bertz CT molecular complexity index is 518. The number of hydrogen-bond donors (Lipinski definition) is 3. The molecule has 3 N–H and O–H groups in total. The third kappa shape index (κ3) is 4.65. The number of phenolic OH excluding ortho intramolecular Hbond substituents is 1. The number of carboxylic acid groups (broad SMARTS) is 1. The summed E-state index contributed by atoms with van der Waals surface area (Å²) >= 11 is 0.957. The largest absolute Gasteiger partial charge is 0.507 e. The van der Waals surface area contributed by atoms with Crippen molar-refractivity contribution >= 4 is 17.7 Å². The molecule has 0 spiro atoms. The van der Waals surface area contributed by atoms with E-state index in [-0.39, 0.29) is 10.8 Å². The Hall–Kier alpha value is -1.20. The molecule has 1 rings (SSSR count). The van der Waals surface area contributed by atoms with Crippen molar-refractivity contribution in [2.24, 2.45) is 0 Å². The first-order valence-corrected chi connectivity index (χ1v) is 8.28. The maximum atomic E-state index is 10.7. The highest BCUT2D eigenvalue weighted by atomic mass is 32.2. The molecule has 0 amide bonds. The lowest BCUT2D eigenvalue weighted by Crippen LogP contribution is -2.18. The highest BCUT2D eigenvalue weighted by molar-refractivity contribution is 7.99. The number of aromatic hydroxyl groups is 1. The third-order valence-electron chi connectivity index (χ3n) is 3.40. The second kappa shape index (κ2) is 6.50. The summed E-state index contributed by atoms with van der Waals surface area (Å²) in [5.41, 5.74) is 0.676. The van der Waals surface area contributed by atoms with E-state index in [1.165, 1.54) is 0 Å². The smallest absolute Gasteiger partial charge is 0.343 e. The predicted octanol–water partition coefficient (Wildman–Crippen LogP) is 3.62. The van der Waals surface area contributed by atoms with Gasteiger partial charge in [-0.2, -0.15) is 0 Å². The SMILES string of the molecule is CC(C)(C)c1cc(CSC(O)C(=O)O)cc(C(C)(C)C)c1O. The summed E-state index contributed by atoms with van der Waals surface area (Å²) in [6.45, 7) is 12.2. The molecule has 0 saturated carbocycles.